The Morgan fingerprint density at radius 2 is 1.02 bits per heavy atom. The van der Waals surface area contributed by atoms with Crippen LogP contribution in [0.25, 0.3) is 9.69 Å². The van der Waals surface area contributed by atoms with Crippen molar-refractivity contribution in [3.8, 4) is 0 Å². The first-order valence-electron chi connectivity index (χ1n) is 13.8. The fourth-order valence-corrected chi connectivity index (χ4v) is 7.29. The average Bonchev–Trinajstić information content (AvgIpc) is 3.56. The number of aromatic nitrogens is 1. The van der Waals surface area contributed by atoms with Crippen molar-refractivity contribution in [1.29, 1.82) is 0 Å². The second-order valence-corrected chi connectivity index (χ2v) is 14.3. The van der Waals surface area contributed by atoms with Crippen molar-refractivity contribution >= 4 is 75.8 Å². The average molecular weight is 769 g/mol. The van der Waals surface area contributed by atoms with Crippen molar-refractivity contribution in [2.45, 2.75) is 21.6 Å². The van der Waals surface area contributed by atoms with Gasteiger partial charge in [0.15, 0.2) is 0 Å². The summed E-state index contributed by atoms with van der Waals surface area (Å²) in [7, 11) is -22.7. The molecule has 2 heterocycles. The smallest absolute Gasteiger partial charge is 0.545 e. The number of H-pyrrole nitrogens is 1. The molecule has 0 atom stereocenters. The number of carboxylic acids is 2. The fourth-order valence-electron chi connectivity index (χ4n) is 4.05. The van der Waals surface area contributed by atoms with E-state index in [-0.39, 0.29) is 10.5 Å². The van der Waals surface area contributed by atoms with E-state index in [1.54, 1.807) is 12.3 Å². The molecule has 25 heteroatoms. The highest BCUT2D eigenvalue weighted by Crippen LogP contribution is 2.27. The molecule has 1 aromatic heterocycles. The van der Waals surface area contributed by atoms with Crippen LogP contribution in [0.15, 0.2) is 99.7 Å². The van der Waals surface area contributed by atoms with E-state index in [0.717, 1.165) is 42.5 Å². The topological polar surface area (TPSA) is 263 Å². The summed E-state index contributed by atoms with van der Waals surface area (Å²) in [4.78, 5) is 29.4. The molecule has 1 N–H and O–H groups in total. The minimum absolute atomic E-state index is 0.207. The maximum atomic E-state index is 12.9. The minimum Gasteiger partial charge on any atom is -0.545 e. The third-order valence-corrected chi connectivity index (χ3v) is 10.4. The lowest BCUT2D eigenvalue weighted by molar-refractivity contribution is -0.256. The molecule has 1 saturated heterocycles. The lowest BCUT2D eigenvalue weighted by Crippen LogP contribution is -2.54. The Hall–Kier alpha value is -5.34. The molecule has 3 aromatic carbocycles. The van der Waals surface area contributed by atoms with Crippen LogP contribution >= 0.6 is 0 Å². The third-order valence-electron chi connectivity index (χ3n) is 6.33. The maximum absolute atomic E-state index is 12.9. The van der Waals surface area contributed by atoms with Crippen LogP contribution in [-0.4, -0.2) is 64.1 Å². The molecule has 0 amide bonds. The van der Waals surface area contributed by atoms with Gasteiger partial charge in [-0.2, -0.15) is 25.3 Å². The molecule has 52 heavy (non-hydrogen) atoms. The molecule has 0 bridgehead atoms. The minimum atomic E-state index is -5.12. The van der Waals surface area contributed by atoms with Crippen molar-refractivity contribution in [3.05, 3.63) is 125 Å². The van der Waals surface area contributed by atoms with Crippen LogP contribution in [0.5, 0.6) is 0 Å². The normalized spacial score (nSPS) is 13.3. The van der Waals surface area contributed by atoms with E-state index < -0.39 is 85.2 Å². The standard InChI is InChI=1S/C21H17B3O16S3.C6H3N3/c1-14-8-2-5-11-17(14)41(29,30)38-22-35-23(39-42(31,32)18-12-6-3-9-15(18)20(25)26)37-24(36-22)40-43(33,34)19-13-7-4-10-16(19)21(27)28;1-7-5-3-4-9-6(5)8-2/h2-13H,1H3,(H,25,26)(H,27,28);3-4,9H/p-2. The summed E-state index contributed by atoms with van der Waals surface area (Å²) in [5.41, 5.74) is -1.07. The number of rotatable bonds is 11. The Balaban J connectivity index is 0.000000585. The molecule has 19 nitrogen and oxygen atoms in total. The lowest BCUT2D eigenvalue weighted by atomic mass is 9.98. The lowest BCUT2D eigenvalue weighted by Gasteiger charge is -2.27. The summed E-state index contributed by atoms with van der Waals surface area (Å²) in [6.07, 6.45) is 1.58. The molecular weight excluding hydrogens is 751 g/mol. The van der Waals surface area contributed by atoms with E-state index in [1.807, 2.05) is 0 Å². The van der Waals surface area contributed by atoms with Crippen LogP contribution in [0, 0.1) is 20.1 Å². The summed E-state index contributed by atoms with van der Waals surface area (Å²) >= 11 is 0. The number of aryl methyl sites for hydroxylation is 1. The van der Waals surface area contributed by atoms with Crippen LogP contribution in [0.3, 0.4) is 0 Å². The summed E-state index contributed by atoms with van der Waals surface area (Å²) in [5.74, 6) is -3.48. The highest BCUT2D eigenvalue weighted by molar-refractivity contribution is 7.88. The first-order chi connectivity index (χ1) is 24.5. The zero-order valence-electron chi connectivity index (χ0n) is 26.0. The first kappa shape index (κ1) is 39.5. The summed E-state index contributed by atoms with van der Waals surface area (Å²) in [6, 6.07) is 15.1. The predicted octanol–water partition coefficient (Wildman–Crippen LogP) is 0.373. The number of nitrogens with one attached hydrogen (secondary N) is 1. The summed E-state index contributed by atoms with van der Waals surface area (Å²) in [5, 5.41) is 22.8. The van der Waals surface area contributed by atoms with Gasteiger partial charge < -0.3 is 43.3 Å². The Morgan fingerprint density at radius 1 is 0.635 bits per heavy atom. The molecule has 0 aliphatic carbocycles. The van der Waals surface area contributed by atoms with Crippen LogP contribution in [0.4, 0.5) is 11.5 Å². The number of carbonyl (C=O) groups excluding carboxylic acids is 2. The van der Waals surface area contributed by atoms with Gasteiger partial charge in [-0.3, -0.25) is 12.3 Å². The van der Waals surface area contributed by atoms with Gasteiger partial charge >= 0.3 is 22.0 Å². The number of hydrogen-bond donors (Lipinski definition) is 1. The van der Waals surface area contributed by atoms with Crippen LogP contribution in [0.2, 0.25) is 0 Å². The van der Waals surface area contributed by atoms with Crippen LogP contribution < -0.4 is 10.2 Å². The SMILES string of the molecule is Cc1ccccc1S(=O)(=O)OB1OB(OS(=O)(=O)c2ccccc2C(=O)[O-])OB(OS(=O)(=O)c2ccccc2C(=O)[O-])O1.[C-]#[N+]c1cc[nH]c1[N+]#[C-]. The van der Waals surface area contributed by atoms with Gasteiger partial charge in [0.1, 0.15) is 9.79 Å². The molecular formula is C27H18B3N3O16S3-2. The number of carboxylic acid groups (broad SMARTS) is 2. The molecule has 1 fully saturated rings. The summed E-state index contributed by atoms with van der Waals surface area (Å²) < 4.78 is 107. The first-order valence-corrected chi connectivity index (χ1v) is 18.1. The Morgan fingerprint density at radius 3 is 1.38 bits per heavy atom. The molecule has 5 rings (SSSR count). The molecule has 266 valence electrons. The third kappa shape index (κ3) is 9.50. The predicted molar refractivity (Wildman–Crippen MR) is 171 cm³/mol. The number of aromatic carboxylic acids is 2. The van der Waals surface area contributed by atoms with Crippen molar-refractivity contribution in [2.24, 2.45) is 0 Å². The Labute approximate surface area is 297 Å². The van der Waals surface area contributed by atoms with Gasteiger partial charge in [0, 0.05) is 11.1 Å². The van der Waals surface area contributed by atoms with E-state index in [0.29, 0.717) is 11.5 Å². The van der Waals surface area contributed by atoms with Crippen molar-refractivity contribution in [2.75, 3.05) is 0 Å². The number of aromatic amines is 1. The zero-order valence-corrected chi connectivity index (χ0v) is 28.4. The molecule has 0 spiro atoms. The van der Waals surface area contributed by atoms with Gasteiger partial charge in [0.05, 0.1) is 29.6 Å². The summed E-state index contributed by atoms with van der Waals surface area (Å²) in [6.45, 7) is 14.5. The van der Waals surface area contributed by atoms with E-state index in [2.05, 4.69) is 14.7 Å². The number of hydrogen-bond acceptors (Lipinski definition) is 16. The van der Waals surface area contributed by atoms with Gasteiger partial charge in [-0.15, -0.1) is 0 Å². The Bertz CT molecular complexity index is 2290. The van der Waals surface area contributed by atoms with Gasteiger partial charge in [-0.1, -0.05) is 61.2 Å². The van der Waals surface area contributed by atoms with E-state index in [4.69, 9.17) is 39.2 Å². The largest absolute Gasteiger partial charge is 0.630 e. The Kier molecular flexibility index (Phi) is 12.4. The number of carbonyl (C=O) groups is 2. The highest BCUT2D eigenvalue weighted by atomic mass is 32.2. The number of benzene rings is 3. The number of nitrogens with zero attached hydrogens (tertiary/aromatic N) is 2. The van der Waals surface area contributed by atoms with E-state index >= 15 is 0 Å². The molecule has 0 radical (unpaired) electrons. The van der Waals surface area contributed by atoms with Crippen molar-refractivity contribution in [3.63, 3.8) is 0 Å². The zero-order chi connectivity index (χ0) is 38.3. The van der Waals surface area contributed by atoms with E-state index in [1.165, 1.54) is 37.3 Å². The van der Waals surface area contributed by atoms with Gasteiger partial charge in [-0.05, 0) is 36.8 Å². The van der Waals surface area contributed by atoms with Crippen molar-refractivity contribution < 1.29 is 71.1 Å². The van der Waals surface area contributed by atoms with Gasteiger partial charge in [0.2, 0.25) is 11.5 Å². The quantitative estimate of drug-likeness (QED) is 0.160. The molecule has 4 aromatic rings. The second kappa shape index (κ2) is 16.3. The van der Waals surface area contributed by atoms with Crippen LogP contribution in [-0.2, 0) is 56.4 Å². The maximum Gasteiger partial charge on any atom is 0.630 e. The van der Waals surface area contributed by atoms with E-state index in [9.17, 15) is 45.1 Å². The monoisotopic (exact) mass is 769 g/mol. The van der Waals surface area contributed by atoms with Gasteiger partial charge in [-0.25, -0.2) is 4.85 Å². The van der Waals surface area contributed by atoms with Crippen LogP contribution in [0.1, 0.15) is 26.3 Å². The second-order valence-electron chi connectivity index (χ2n) is 9.69. The van der Waals surface area contributed by atoms with Gasteiger partial charge in [0.25, 0.3) is 30.4 Å². The molecule has 0 unspecified atom stereocenters. The van der Waals surface area contributed by atoms with Crippen molar-refractivity contribution in [1.82, 2.24) is 4.98 Å². The highest BCUT2D eigenvalue weighted by Gasteiger charge is 2.52. The molecule has 1 aliphatic rings. The molecule has 0 saturated carbocycles. The molecule has 1 aliphatic heterocycles. The fraction of sp³-hybridized carbons (Fsp3) is 0.0370.